The smallest absolute Gasteiger partial charge is 0.224 e. The Bertz CT molecular complexity index is 367. The maximum atomic E-state index is 11.8. The van der Waals surface area contributed by atoms with Gasteiger partial charge >= 0.3 is 0 Å². The highest BCUT2D eigenvalue weighted by molar-refractivity contribution is 5.78. The van der Waals surface area contributed by atoms with Crippen LogP contribution < -0.4 is 10.6 Å². The summed E-state index contributed by atoms with van der Waals surface area (Å²) in [5, 5.41) is 6.22. The number of aryl methyl sites for hydroxylation is 1. The third-order valence-corrected chi connectivity index (χ3v) is 3.13. The fraction of sp³-hybridized carbons (Fsp3) is 0.615. The Morgan fingerprint density at radius 1 is 1.59 bits per heavy atom. The molecule has 1 atom stereocenters. The van der Waals surface area contributed by atoms with Crippen molar-refractivity contribution in [1.82, 2.24) is 10.6 Å². The second kappa shape index (κ2) is 5.87. The number of amides is 1. The van der Waals surface area contributed by atoms with Crippen molar-refractivity contribution >= 4 is 5.91 Å². The lowest BCUT2D eigenvalue weighted by Gasteiger charge is -2.21. The number of nitrogens with one attached hydrogen (secondary N) is 2. The highest BCUT2D eigenvalue weighted by atomic mass is 16.3. The Hall–Kier alpha value is -1.29. The monoisotopic (exact) mass is 236 g/mol. The van der Waals surface area contributed by atoms with Crippen LogP contribution in [0.4, 0.5) is 0 Å². The molecule has 0 aliphatic carbocycles. The SMILES string of the molecule is Cc1ccc(CCNC(=O)C2CCCNC2)o1. The van der Waals surface area contributed by atoms with Crippen molar-refractivity contribution in [2.24, 2.45) is 5.92 Å². The Kier molecular flexibility index (Phi) is 4.20. The maximum Gasteiger partial charge on any atom is 0.224 e. The summed E-state index contributed by atoms with van der Waals surface area (Å²) in [6, 6.07) is 3.91. The first kappa shape index (κ1) is 12.2. The van der Waals surface area contributed by atoms with Gasteiger partial charge in [0, 0.05) is 19.5 Å². The molecular weight excluding hydrogens is 216 g/mol. The summed E-state index contributed by atoms with van der Waals surface area (Å²) in [7, 11) is 0. The van der Waals surface area contributed by atoms with E-state index in [9.17, 15) is 4.79 Å². The summed E-state index contributed by atoms with van der Waals surface area (Å²) < 4.78 is 5.45. The quantitative estimate of drug-likeness (QED) is 0.827. The van der Waals surface area contributed by atoms with Crippen LogP contribution in [0.5, 0.6) is 0 Å². The molecule has 17 heavy (non-hydrogen) atoms. The normalized spacial score (nSPS) is 20.2. The molecule has 0 bridgehead atoms. The number of hydrogen-bond donors (Lipinski definition) is 2. The topological polar surface area (TPSA) is 54.3 Å². The van der Waals surface area contributed by atoms with E-state index in [4.69, 9.17) is 4.42 Å². The van der Waals surface area contributed by atoms with Crippen LogP contribution in [0.2, 0.25) is 0 Å². The van der Waals surface area contributed by atoms with Crippen molar-refractivity contribution in [3.05, 3.63) is 23.7 Å². The molecule has 0 aromatic carbocycles. The van der Waals surface area contributed by atoms with Crippen LogP contribution in [0.1, 0.15) is 24.4 Å². The van der Waals surface area contributed by atoms with Crippen molar-refractivity contribution in [3.8, 4) is 0 Å². The minimum Gasteiger partial charge on any atom is -0.466 e. The number of furan rings is 1. The van der Waals surface area contributed by atoms with Crippen LogP contribution in [0.3, 0.4) is 0 Å². The minimum absolute atomic E-state index is 0.141. The number of rotatable bonds is 4. The van der Waals surface area contributed by atoms with E-state index in [0.717, 1.165) is 43.9 Å². The molecule has 1 saturated heterocycles. The molecule has 2 rings (SSSR count). The minimum atomic E-state index is 0.141. The summed E-state index contributed by atoms with van der Waals surface area (Å²) in [5.41, 5.74) is 0. The zero-order chi connectivity index (χ0) is 12.1. The maximum absolute atomic E-state index is 11.8. The molecule has 2 N–H and O–H groups in total. The summed E-state index contributed by atoms with van der Waals surface area (Å²) in [6.45, 7) is 4.43. The molecule has 2 heterocycles. The molecule has 1 amide bonds. The van der Waals surface area contributed by atoms with E-state index in [2.05, 4.69) is 10.6 Å². The van der Waals surface area contributed by atoms with Gasteiger partial charge in [-0.25, -0.2) is 0 Å². The largest absolute Gasteiger partial charge is 0.466 e. The predicted octanol–water partition coefficient (Wildman–Crippen LogP) is 1.25. The molecule has 4 nitrogen and oxygen atoms in total. The third-order valence-electron chi connectivity index (χ3n) is 3.13. The second-order valence-corrected chi connectivity index (χ2v) is 4.60. The van der Waals surface area contributed by atoms with Gasteiger partial charge in [-0.2, -0.15) is 0 Å². The van der Waals surface area contributed by atoms with Gasteiger partial charge in [0.05, 0.1) is 5.92 Å². The van der Waals surface area contributed by atoms with Gasteiger partial charge < -0.3 is 15.1 Å². The van der Waals surface area contributed by atoms with Gasteiger partial charge in [0.1, 0.15) is 11.5 Å². The molecule has 1 aromatic rings. The summed E-state index contributed by atoms with van der Waals surface area (Å²) in [4.78, 5) is 11.8. The molecule has 0 saturated carbocycles. The molecule has 0 radical (unpaired) electrons. The van der Waals surface area contributed by atoms with Crippen LogP contribution in [0, 0.1) is 12.8 Å². The molecule has 94 valence electrons. The van der Waals surface area contributed by atoms with E-state index < -0.39 is 0 Å². The van der Waals surface area contributed by atoms with Crippen molar-refractivity contribution in [1.29, 1.82) is 0 Å². The van der Waals surface area contributed by atoms with Gasteiger partial charge in [-0.05, 0) is 38.4 Å². The molecule has 4 heteroatoms. The summed E-state index contributed by atoms with van der Waals surface area (Å²) >= 11 is 0. The van der Waals surface area contributed by atoms with E-state index in [1.54, 1.807) is 0 Å². The molecule has 0 spiro atoms. The zero-order valence-corrected chi connectivity index (χ0v) is 10.3. The van der Waals surface area contributed by atoms with Crippen molar-refractivity contribution in [2.45, 2.75) is 26.2 Å². The van der Waals surface area contributed by atoms with E-state index in [1.165, 1.54) is 0 Å². The fourth-order valence-electron chi connectivity index (χ4n) is 2.15. The van der Waals surface area contributed by atoms with Gasteiger partial charge in [-0.3, -0.25) is 4.79 Å². The van der Waals surface area contributed by atoms with Gasteiger partial charge in [-0.1, -0.05) is 0 Å². The van der Waals surface area contributed by atoms with Crippen molar-refractivity contribution in [3.63, 3.8) is 0 Å². The Morgan fingerprint density at radius 2 is 2.47 bits per heavy atom. The lowest BCUT2D eigenvalue weighted by molar-refractivity contribution is -0.125. The van der Waals surface area contributed by atoms with E-state index in [1.807, 2.05) is 19.1 Å². The highest BCUT2D eigenvalue weighted by Crippen LogP contribution is 2.10. The van der Waals surface area contributed by atoms with Crippen LogP contribution in [-0.2, 0) is 11.2 Å². The number of piperidine rings is 1. The highest BCUT2D eigenvalue weighted by Gasteiger charge is 2.20. The standard InChI is InChI=1S/C13H20N2O2/c1-10-4-5-12(17-10)6-8-15-13(16)11-3-2-7-14-9-11/h4-5,11,14H,2-3,6-9H2,1H3,(H,15,16). The molecular formula is C13H20N2O2. The summed E-state index contributed by atoms with van der Waals surface area (Å²) in [6.07, 6.45) is 2.86. The fourth-order valence-corrected chi connectivity index (χ4v) is 2.15. The van der Waals surface area contributed by atoms with E-state index in [0.29, 0.717) is 6.54 Å². The molecule has 1 fully saturated rings. The Balaban J connectivity index is 1.69. The van der Waals surface area contributed by atoms with Crippen molar-refractivity contribution in [2.75, 3.05) is 19.6 Å². The first-order valence-electron chi connectivity index (χ1n) is 6.29. The average molecular weight is 236 g/mol. The Morgan fingerprint density at radius 3 is 3.12 bits per heavy atom. The van der Waals surface area contributed by atoms with Crippen LogP contribution in [0.15, 0.2) is 16.5 Å². The lowest BCUT2D eigenvalue weighted by atomic mass is 9.99. The van der Waals surface area contributed by atoms with Crippen LogP contribution >= 0.6 is 0 Å². The van der Waals surface area contributed by atoms with Crippen LogP contribution in [-0.4, -0.2) is 25.5 Å². The van der Waals surface area contributed by atoms with E-state index >= 15 is 0 Å². The molecule has 1 aliphatic rings. The van der Waals surface area contributed by atoms with Gasteiger partial charge in [-0.15, -0.1) is 0 Å². The molecule has 1 unspecified atom stereocenters. The number of carbonyl (C=O) groups excluding carboxylic acids is 1. The lowest BCUT2D eigenvalue weighted by Crippen LogP contribution is -2.41. The number of carbonyl (C=O) groups is 1. The van der Waals surface area contributed by atoms with Gasteiger partial charge in [0.2, 0.25) is 5.91 Å². The average Bonchev–Trinajstić information content (AvgIpc) is 2.76. The number of hydrogen-bond acceptors (Lipinski definition) is 3. The first-order chi connectivity index (χ1) is 8.25. The zero-order valence-electron chi connectivity index (χ0n) is 10.3. The van der Waals surface area contributed by atoms with E-state index in [-0.39, 0.29) is 11.8 Å². The predicted molar refractivity (Wildman–Crippen MR) is 65.8 cm³/mol. The summed E-state index contributed by atoms with van der Waals surface area (Å²) in [5.74, 6) is 2.16. The Labute approximate surface area is 102 Å². The van der Waals surface area contributed by atoms with Crippen molar-refractivity contribution < 1.29 is 9.21 Å². The molecule has 1 aromatic heterocycles. The first-order valence-corrected chi connectivity index (χ1v) is 6.29. The second-order valence-electron chi connectivity index (χ2n) is 4.60. The van der Waals surface area contributed by atoms with Gasteiger partial charge in [0.15, 0.2) is 0 Å². The third kappa shape index (κ3) is 3.60. The van der Waals surface area contributed by atoms with Crippen LogP contribution in [0.25, 0.3) is 0 Å². The van der Waals surface area contributed by atoms with Gasteiger partial charge in [0.25, 0.3) is 0 Å². The molecule has 1 aliphatic heterocycles.